The SMILES string of the molecule is CCCC[C@H]1Nc2c(C)cccc2OC1=O. The van der Waals surface area contributed by atoms with E-state index >= 15 is 0 Å². The number of para-hydroxylation sites is 1. The van der Waals surface area contributed by atoms with Gasteiger partial charge >= 0.3 is 5.97 Å². The van der Waals surface area contributed by atoms with Crippen molar-refractivity contribution in [3.05, 3.63) is 23.8 Å². The largest absolute Gasteiger partial charge is 0.423 e. The monoisotopic (exact) mass is 219 g/mol. The summed E-state index contributed by atoms with van der Waals surface area (Å²) in [6.07, 6.45) is 2.96. The van der Waals surface area contributed by atoms with E-state index in [0.717, 1.165) is 30.5 Å². The first-order valence-electron chi connectivity index (χ1n) is 5.80. The molecule has 1 aliphatic rings. The highest BCUT2D eigenvalue weighted by molar-refractivity contribution is 5.87. The molecule has 1 aliphatic heterocycles. The molecule has 0 radical (unpaired) electrons. The average Bonchev–Trinajstić information content (AvgIpc) is 2.27. The first-order chi connectivity index (χ1) is 7.72. The molecule has 1 aromatic rings. The van der Waals surface area contributed by atoms with Gasteiger partial charge in [-0.1, -0.05) is 31.9 Å². The predicted octanol–water partition coefficient (Wildman–Crippen LogP) is 2.88. The van der Waals surface area contributed by atoms with Crippen molar-refractivity contribution in [3.8, 4) is 5.75 Å². The predicted molar refractivity (Wildman–Crippen MR) is 63.7 cm³/mol. The van der Waals surface area contributed by atoms with Gasteiger partial charge in [-0.25, -0.2) is 4.79 Å². The third kappa shape index (κ3) is 2.03. The molecule has 0 saturated heterocycles. The van der Waals surface area contributed by atoms with Gasteiger partial charge in [0, 0.05) is 0 Å². The number of esters is 1. The van der Waals surface area contributed by atoms with Crippen molar-refractivity contribution in [3.63, 3.8) is 0 Å². The quantitative estimate of drug-likeness (QED) is 0.627. The summed E-state index contributed by atoms with van der Waals surface area (Å²) in [7, 11) is 0. The van der Waals surface area contributed by atoms with Gasteiger partial charge in [-0.2, -0.15) is 0 Å². The number of nitrogens with one attached hydrogen (secondary N) is 1. The lowest BCUT2D eigenvalue weighted by Crippen LogP contribution is -2.37. The van der Waals surface area contributed by atoms with Crippen LogP contribution in [0.15, 0.2) is 18.2 Å². The number of fused-ring (bicyclic) bond motifs is 1. The second kappa shape index (κ2) is 4.56. The van der Waals surface area contributed by atoms with Crippen molar-refractivity contribution < 1.29 is 9.53 Å². The molecule has 0 saturated carbocycles. The Balaban J connectivity index is 2.20. The van der Waals surface area contributed by atoms with E-state index in [4.69, 9.17) is 4.74 Å². The Hall–Kier alpha value is -1.51. The molecule has 1 atom stereocenters. The summed E-state index contributed by atoms with van der Waals surface area (Å²) in [6.45, 7) is 4.13. The summed E-state index contributed by atoms with van der Waals surface area (Å²) in [5, 5.41) is 3.28. The highest BCUT2D eigenvalue weighted by Crippen LogP contribution is 2.33. The number of ether oxygens (including phenoxy) is 1. The van der Waals surface area contributed by atoms with E-state index in [9.17, 15) is 4.79 Å². The van der Waals surface area contributed by atoms with Crippen LogP contribution in [0.3, 0.4) is 0 Å². The number of unbranched alkanes of at least 4 members (excludes halogenated alkanes) is 1. The molecule has 0 aliphatic carbocycles. The van der Waals surface area contributed by atoms with E-state index in [1.165, 1.54) is 0 Å². The molecule has 0 aromatic heterocycles. The number of anilines is 1. The van der Waals surface area contributed by atoms with Crippen LogP contribution in [0.5, 0.6) is 5.75 Å². The molecule has 0 amide bonds. The number of benzene rings is 1. The number of carbonyl (C=O) groups excluding carboxylic acids is 1. The van der Waals surface area contributed by atoms with E-state index in [-0.39, 0.29) is 12.0 Å². The van der Waals surface area contributed by atoms with E-state index in [0.29, 0.717) is 5.75 Å². The fourth-order valence-corrected chi connectivity index (χ4v) is 1.92. The summed E-state index contributed by atoms with van der Waals surface area (Å²) in [6, 6.07) is 5.55. The van der Waals surface area contributed by atoms with Crippen molar-refractivity contribution in [2.75, 3.05) is 5.32 Å². The topological polar surface area (TPSA) is 38.3 Å². The van der Waals surface area contributed by atoms with Gasteiger partial charge in [0.1, 0.15) is 6.04 Å². The van der Waals surface area contributed by atoms with Crippen LogP contribution in [-0.4, -0.2) is 12.0 Å². The molecule has 1 aromatic carbocycles. The van der Waals surface area contributed by atoms with Crippen LogP contribution < -0.4 is 10.1 Å². The van der Waals surface area contributed by atoms with Crippen LogP contribution in [0.25, 0.3) is 0 Å². The number of carbonyl (C=O) groups is 1. The smallest absolute Gasteiger partial charge is 0.334 e. The first-order valence-corrected chi connectivity index (χ1v) is 5.80. The first kappa shape index (κ1) is 11.0. The molecule has 0 bridgehead atoms. The van der Waals surface area contributed by atoms with Gasteiger partial charge in [0.15, 0.2) is 5.75 Å². The van der Waals surface area contributed by atoms with Crippen LogP contribution in [-0.2, 0) is 4.79 Å². The second-order valence-electron chi connectivity index (χ2n) is 4.21. The minimum absolute atomic E-state index is 0.161. The Labute approximate surface area is 95.8 Å². The molecule has 2 rings (SSSR count). The van der Waals surface area contributed by atoms with Gasteiger partial charge in [0.25, 0.3) is 0 Å². The minimum Gasteiger partial charge on any atom is -0.423 e. The minimum atomic E-state index is -0.187. The number of hydrogen-bond donors (Lipinski definition) is 1. The summed E-state index contributed by atoms with van der Waals surface area (Å²) in [5.74, 6) is 0.490. The second-order valence-corrected chi connectivity index (χ2v) is 4.21. The van der Waals surface area contributed by atoms with Crippen LogP contribution in [0, 0.1) is 6.92 Å². The maximum absolute atomic E-state index is 11.7. The van der Waals surface area contributed by atoms with Crippen molar-refractivity contribution in [1.82, 2.24) is 0 Å². The van der Waals surface area contributed by atoms with Gasteiger partial charge in [-0.05, 0) is 25.0 Å². The molecule has 1 N–H and O–H groups in total. The lowest BCUT2D eigenvalue weighted by molar-refractivity contribution is -0.136. The van der Waals surface area contributed by atoms with Crippen molar-refractivity contribution in [2.24, 2.45) is 0 Å². The fraction of sp³-hybridized carbons (Fsp3) is 0.462. The zero-order chi connectivity index (χ0) is 11.5. The summed E-state index contributed by atoms with van der Waals surface area (Å²) in [5.41, 5.74) is 2.08. The Kier molecular flexibility index (Phi) is 3.13. The van der Waals surface area contributed by atoms with Crippen molar-refractivity contribution in [1.29, 1.82) is 0 Å². The van der Waals surface area contributed by atoms with E-state index < -0.39 is 0 Å². The third-order valence-corrected chi connectivity index (χ3v) is 2.89. The lowest BCUT2D eigenvalue weighted by atomic mass is 10.1. The molecular formula is C13H17NO2. The van der Waals surface area contributed by atoms with Crippen LogP contribution in [0.2, 0.25) is 0 Å². The molecule has 0 fully saturated rings. The highest BCUT2D eigenvalue weighted by Gasteiger charge is 2.27. The van der Waals surface area contributed by atoms with E-state index in [1.54, 1.807) is 0 Å². The van der Waals surface area contributed by atoms with Gasteiger partial charge in [-0.3, -0.25) is 0 Å². The molecule has 1 heterocycles. The van der Waals surface area contributed by atoms with Crippen molar-refractivity contribution >= 4 is 11.7 Å². The van der Waals surface area contributed by atoms with E-state index in [1.807, 2.05) is 25.1 Å². The number of hydrogen-bond acceptors (Lipinski definition) is 3. The Bertz CT molecular complexity index is 401. The maximum Gasteiger partial charge on any atom is 0.334 e. The average molecular weight is 219 g/mol. The Morgan fingerprint density at radius 1 is 1.44 bits per heavy atom. The maximum atomic E-state index is 11.7. The van der Waals surface area contributed by atoms with Gasteiger partial charge in [0.2, 0.25) is 0 Å². The summed E-state index contributed by atoms with van der Waals surface area (Å²) in [4.78, 5) is 11.7. The van der Waals surface area contributed by atoms with Gasteiger partial charge in [-0.15, -0.1) is 0 Å². The van der Waals surface area contributed by atoms with E-state index in [2.05, 4.69) is 12.2 Å². The van der Waals surface area contributed by atoms with Gasteiger partial charge in [0.05, 0.1) is 5.69 Å². The Morgan fingerprint density at radius 3 is 3.00 bits per heavy atom. The van der Waals surface area contributed by atoms with Crippen LogP contribution in [0.4, 0.5) is 5.69 Å². The third-order valence-electron chi connectivity index (χ3n) is 2.89. The normalized spacial score (nSPS) is 18.6. The highest BCUT2D eigenvalue weighted by atomic mass is 16.5. The molecule has 3 nitrogen and oxygen atoms in total. The summed E-state index contributed by atoms with van der Waals surface area (Å²) < 4.78 is 5.32. The molecule has 3 heteroatoms. The molecule has 0 spiro atoms. The molecule has 0 unspecified atom stereocenters. The molecule has 86 valence electrons. The lowest BCUT2D eigenvalue weighted by Gasteiger charge is -2.26. The number of rotatable bonds is 3. The molecular weight excluding hydrogens is 202 g/mol. The standard InChI is InChI=1S/C13H17NO2/c1-3-4-7-10-13(15)16-11-8-5-6-9(2)12(11)14-10/h5-6,8,10,14H,3-4,7H2,1-2H3/t10-/m1/s1. The van der Waals surface area contributed by atoms with Crippen LogP contribution in [0.1, 0.15) is 31.7 Å². The Morgan fingerprint density at radius 2 is 2.25 bits per heavy atom. The zero-order valence-electron chi connectivity index (χ0n) is 9.75. The molecule has 16 heavy (non-hydrogen) atoms. The summed E-state index contributed by atoms with van der Waals surface area (Å²) >= 11 is 0. The van der Waals surface area contributed by atoms with Crippen molar-refractivity contribution in [2.45, 2.75) is 39.2 Å². The van der Waals surface area contributed by atoms with Crippen LogP contribution >= 0.6 is 0 Å². The zero-order valence-corrected chi connectivity index (χ0v) is 9.75. The number of aryl methyl sites for hydroxylation is 1. The fourth-order valence-electron chi connectivity index (χ4n) is 1.92. The van der Waals surface area contributed by atoms with Gasteiger partial charge < -0.3 is 10.1 Å².